The van der Waals surface area contributed by atoms with Crippen molar-refractivity contribution in [1.29, 1.82) is 0 Å². The average molecular weight is 285 g/mol. The SMILES string of the molecule is O=[N+]([O-])c1cc(Cl)c(F)cc1NCC(F)(F)CO. The molecule has 1 aromatic carbocycles. The molecule has 1 rings (SSSR count). The summed E-state index contributed by atoms with van der Waals surface area (Å²) in [5.74, 6) is -4.44. The predicted molar refractivity (Wildman–Crippen MR) is 58.6 cm³/mol. The minimum atomic E-state index is -3.47. The van der Waals surface area contributed by atoms with E-state index < -0.39 is 46.2 Å². The first kappa shape index (κ1) is 14.5. The van der Waals surface area contributed by atoms with E-state index in [-0.39, 0.29) is 0 Å². The third-order valence-corrected chi connectivity index (χ3v) is 2.29. The summed E-state index contributed by atoms with van der Waals surface area (Å²) < 4.78 is 38.6. The van der Waals surface area contributed by atoms with Gasteiger partial charge in [-0.3, -0.25) is 10.1 Å². The highest BCUT2D eigenvalue weighted by Crippen LogP contribution is 2.30. The molecule has 0 bridgehead atoms. The number of nitro groups is 1. The van der Waals surface area contributed by atoms with Crippen molar-refractivity contribution in [2.45, 2.75) is 5.92 Å². The van der Waals surface area contributed by atoms with Crippen LogP contribution in [-0.2, 0) is 0 Å². The van der Waals surface area contributed by atoms with Gasteiger partial charge in [-0.1, -0.05) is 11.6 Å². The fraction of sp³-hybridized carbons (Fsp3) is 0.333. The highest BCUT2D eigenvalue weighted by Gasteiger charge is 2.29. The van der Waals surface area contributed by atoms with E-state index >= 15 is 0 Å². The molecule has 0 atom stereocenters. The molecule has 18 heavy (non-hydrogen) atoms. The van der Waals surface area contributed by atoms with Crippen LogP contribution in [-0.4, -0.2) is 29.1 Å². The van der Waals surface area contributed by atoms with E-state index in [1.165, 1.54) is 0 Å². The molecule has 0 amide bonds. The van der Waals surface area contributed by atoms with Crippen LogP contribution in [0.25, 0.3) is 0 Å². The van der Waals surface area contributed by atoms with Gasteiger partial charge in [-0.15, -0.1) is 0 Å². The lowest BCUT2D eigenvalue weighted by molar-refractivity contribution is -0.384. The molecule has 5 nitrogen and oxygen atoms in total. The average Bonchev–Trinajstić information content (AvgIpc) is 2.30. The number of hydrogen-bond acceptors (Lipinski definition) is 4. The van der Waals surface area contributed by atoms with Gasteiger partial charge in [0.05, 0.1) is 16.5 Å². The second-order valence-corrected chi connectivity index (χ2v) is 3.82. The highest BCUT2D eigenvalue weighted by molar-refractivity contribution is 6.31. The number of hydrogen-bond donors (Lipinski definition) is 2. The molecule has 0 radical (unpaired) electrons. The van der Waals surface area contributed by atoms with Gasteiger partial charge in [0.1, 0.15) is 18.1 Å². The number of nitrogens with one attached hydrogen (secondary N) is 1. The first-order valence-corrected chi connectivity index (χ1v) is 5.00. The lowest BCUT2D eigenvalue weighted by atomic mass is 10.2. The minimum Gasteiger partial charge on any atom is -0.390 e. The molecule has 9 heteroatoms. The number of benzene rings is 1. The molecule has 0 heterocycles. The van der Waals surface area contributed by atoms with Crippen molar-refractivity contribution in [2.24, 2.45) is 0 Å². The summed E-state index contributed by atoms with van der Waals surface area (Å²) in [5.41, 5.74) is -1.06. The molecule has 100 valence electrons. The van der Waals surface area contributed by atoms with Crippen LogP contribution in [0.4, 0.5) is 24.5 Å². The minimum absolute atomic E-state index is 0.435. The van der Waals surface area contributed by atoms with E-state index in [9.17, 15) is 23.3 Å². The van der Waals surface area contributed by atoms with Crippen molar-refractivity contribution in [1.82, 2.24) is 0 Å². The van der Waals surface area contributed by atoms with Crippen LogP contribution in [0.3, 0.4) is 0 Å². The van der Waals surface area contributed by atoms with Gasteiger partial charge in [-0.25, -0.2) is 13.2 Å². The molecular weight excluding hydrogens is 277 g/mol. The number of rotatable bonds is 5. The van der Waals surface area contributed by atoms with Gasteiger partial charge in [-0.2, -0.15) is 0 Å². The number of aliphatic hydroxyl groups is 1. The van der Waals surface area contributed by atoms with Crippen LogP contribution in [0.5, 0.6) is 0 Å². The van der Waals surface area contributed by atoms with Crippen LogP contribution >= 0.6 is 11.6 Å². The summed E-state index contributed by atoms with van der Waals surface area (Å²) in [4.78, 5) is 9.74. The quantitative estimate of drug-likeness (QED) is 0.643. The molecule has 0 fully saturated rings. The van der Waals surface area contributed by atoms with Crippen molar-refractivity contribution < 1.29 is 23.2 Å². The van der Waals surface area contributed by atoms with E-state index in [2.05, 4.69) is 0 Å². The first-order chi connectivity index (χ1) is 8.26. The van der Waals surface area contributed by atoms with E-state index in [0.29, 0.717) is 6.07 Å². The molecule has 0 aliphatic heterocycles. The maximum atomic E-state index is 13.1. The Kier molecular flexibility index (Phi) is 4.36. The van der Waals surface area contributed by atoms with Gasteiger partial charge in [-0.05, 0) is 0 Å². The third kappa shape index (κ3) is 3.47. The van der Waals surface area contributed by atoms with Crippen LogP contribution < -0.4 is 5.32 Å². The van der Waals surface area contributed by atoms with E-state index in [1.807, 2.05) is 5.32 Å². The topological polar surface area (TPSA) is 75.4 Å². The van der Waals surface area contributed by atoms with E-state index in [4.69, 9.17) is 16.7 Å². The zero-order chi connectivity index (χ0) is 13.9. The summed E-state index contributed by atoms with van der Waals surface area (Å²) in [6.45, 7) is -2.49. The van der Waals surface area contributed by atoms with E-state index in [1.54, 1.807) is 0 Å². The third-order valence-electron chi connectivity index (χ3n) is 2.00. The Morgan fingerprint density at radius 1 is 1.50 bits per heavy atom. The van der Waals surface area contributed by atoms with Gasteiger partial charge >= 0.3 is 0 Å². The molecular formula is C9H8ClF3N2O3. The first-order valence-electron chi connectivity index (χ1n) is 4.63. The molecule has 1 aromatic rings. The van der Waals surface area contributed by atoms with Crippen LogP contribution in [0.2, 0.25) is 5.02 Å². The maximum Gasteiger partial charge on any atom is 0.294 e. The van der Waals surface area contributed by atoms with Crippen LogP contribution in [0.15, 0.2) is 12.1 Å². The van der Waals surface area contributed by atoms with Crippen LogP contribution in [0, 0.1) is 15.9 Å². The Balaban J connectivity index is 3.01. The fourth-order valence-electron chi connectivity index (χ4n) is 1.11. The normalized spacial score (nSPS) is 11.4. The Labute approximate surface area is 104 Å². The molecule has 0 saturated carbocycles. The Morgan fingerprint density at radius 2 is 2.11 bits per heavy atom. The monoisotopic (exact) mass is 284 g/mol. The second-order valence-electron chi connectivity index (χ2n) is 3.41. The standard InChI is InChI=1S/C9H8ClF3N2O3/c10-5-1-8(15(17)18)7(2-6(5)11)14-3-9(12,13)4-16/h1-2,14,16H,3-4H2. The predicted octanol–water partition coefficient (Wildman–Crippen LogP) is 2.43. The van der Waals surface area contributed by atoms with Crippen molar-refractivity contribution in [2.75, 3.05) is 18.5 Å². The second kappa shape index (κ2) is 5.40. The van der Waals surface area contributed by atoms with Gasteiger partial charge < -0.3 is 10.4 Å². The molecule has 0 aromatic heterocycles. The number of nitrogens with zero attached hydrogens (tertiary/aromatic N) is 1. The van der Waals surface area contributed by atoms with Crippen molar-refractivity contribution in [3.8, 4) is 0 Å². The number of aliphatic hydroxyl groups excluding tert-OH is 1. The molecule has 0 saturated heterocycles. The lowest BCUT2D eigenvalue weighted by Gasteiger charge is -2.15. The van der Waals surface area contributed by atoms with Crippen molar-refractivity contribution in [3.05, 3.63) is 33.1 Å². The van der Waals surface area contributed by atoms with Crippen molar-refractivity contribution in [3.63, 3.8) is 0 Å². The molecule has 0 unspecified atom stereocenters. The Morgan fingerprint density at radius 3 is 2.61 bits per heavy atom. The van der Waals surface area contributed by atoms with Gasteiger partial charge in [0.25, 0.3) is 11.6 Å². The smallest absolute Gasteiger partial charge is 0.294 e. The summed E-state index contributed by atoms with van der Waals surface area (Å²) >= 11 is 5.35. The zero-order valence-corrected chi connectivity index (χ0v) is 9.55. The van der Waals surface area contributed by atoms with E-state index in [0.717, 1.165) is 6.07 Å². The summed E-state index contributed by atoms with van der Waals surface area (Å²) in [6, 6.07) is 1.37. The zero-order valence-electron chi connectivity index (χ0n) is 8.79. The largest absolute Gasteiger partial charge is 0.390 e. The number of nitro benzene ring substituents is 1. The fourth-order valence-corrected chi connectivity index (χ4v) is 1.27. The summed E-state index contributed by atoms with van der Waals surface area (Å²) in [5, 5.41) is 20.5. The van der Waals surface area contributed by atoms with Gasteiger partial charge in [0.2, 0.25) is 0 Å². The number of alkyl halides is 2. The number of anilines is 1. The Hall–Kier alpha value is -1.54. The molecule has 0 aliphatic carbocycles. The Bertz CT molecular complexity index is 471. The molecule has 2 N–H and O–H groups in total. The highest BCUT2D eigenvalue weighted by atomic mass is 35.5. The molecule has 0 aliphatic rings. The summed E-state index contributed by atoms with van der Waals surface area (Å²) in [7, 11) is 0. The van der Waals surface area contributed by atoms with Gasteiger partial charge in [0.15, 0.2) is 0 Å². The number of halogens is 4. The van der Waals surface area contributed by atoms with Crippen LogP contribution in [0.1, 0.15) is 0 Å². The maximum absolute atomic E-state index is 13.1. The molecule has 0 spiro atoms. The van der Waals surface area contributed by atoms with Crippen molar-refractivity contribution >= 4 is 23.0 Å². The summed E-state index contributed by atoms with van der Waals surface area (Å²) in [6.07, 6.45) is 0. The lowest BCUT2D eigenvalue weighted by Crippen LogP contribution is -2.31. The van der Waals surface area contributed by atoms with Gasteiger partial charge in [0, 0.05) is 12.1 Å².